The molecule has 0 bridgehead atoms. The van der Waals surface area contributed by atoms with Crippen LogP contribution in [0.2, 0.25) is 0 Å². The van der Waals surface area contributed by atoms with E-state index in [0.717, 1.165) is 21.4 Å². The standard InChI is InChI=1S/C18H17N5O3S/c1-4-26-13(24)9-22-17-14(10(2)11(3)27-17)16-20-15(21-23(16)18(22)25)12-5-7-19-8-6-12/h5-8H,4,9H2,1-3H3. The fourth-order valence-corrected chi connectivity index (χ4v) is 4.11. The van der Waals surface area contributed by atoms with Gasteiger partial charge in [-0.25, -0.2) is 9.78 Å². The van der Waals surface area contributed by atoms with E-state index in [4.69, 9.17) is 4.74 Å². The Balaban J connectivity index is 2.03. The molecule has 0 aliphatic carbocycles. The van der Waals surface area contributed by atoms with E-state index in [1.54, 1.807) is 31.5 Å². The van der Waals surface area contributed by atoms with Gasteiger partial charge in [-0.1, -0.05) is 0 Å². The third kappa shape index (κ3) is 2.80. The molecule has 0 saturated heterocycles. The molecule has 4 heterocycles. The number of fused-ring (bicyclic) bond motifs is 3. The summed E-state index contributed by atoms with van der Waals surface area (Å²) < 4.78 is 7.70. The minimum Gasteiger partial charge on any atom is -0.465 e. The summed E-state index contributed by atoms with van der Waals surface area (Å²) in [5.74, 6) is -0.0219. The van der Waals surface area contributed by atoms with E-state index in [1.165, 1.54) is 20.4 Å². The second kappa shape index (κ2) is 6.58. The van der Waals surface area contributed by atoms with Crippen LogP contribution in [-0.4, -0.2) is 36.7 Å². The quantitative estimate of drug-likeness (QED) is 0.503. The highest BCUT2D eigenvalue weighted by molar-refractivity contribution is 7.19. The normalized spacial score (nSPS) is 11.4. The summed E-state index contributed by atoms with van der Waals surface area (Å²) >= 11 is 1.46. The van der Waals surface area contributed by atoms with Gasteiger partial charge >= 0.3 is 11.7 Å². The van der Waals surface area contributed by atoms with E-state index in [-0.39, 0.29) is 13.2 Å². The number of carbonyl (C=O) groups is 1. The zero-order chi connectivity index (χ0) is 19.1. The summed E-state index contributed by atoms with van der Waals surface area (Å²) in [4.78, 5) is 35.4. The molecule has 4 aromatic heterocycles. The summed E-state index contributed by atoms with van der Waals surface area (Å²) in [6, 6.07) is 3.57. The first-order chi connectivity index (χ1) is 13.0. The summed E-state index contributed by atoms with van der Waals surface area (Å²) in [7, 11) is 0. The molecule has 138 valence electrons. The van der Waals surface area contributed by atoms with Crippen molar-refractivity contribution in [1.29, 1.82) is 0 Å². The molecule has 0 unspecified atom stereocenters. The van der Waals surface area contributed by atoms with E-state index >= 15 is 0 Å². The van der Waals surface area contributed by atoms with E-state index in [1.807, 2.05) is 13.8 Å². The molecule has 9 heteroatoms. The first-order valence-corrected chi connectivity index (χ1v) is 9.28. The average molecular weight is 383 g/mol. The molecular formula is C18H17N5O3S. The highest BCUT2D eigenvalue weighted by Gasteiger charge is 2.21. The molecule has 4 aromatic rings. The van der Waals surface area contributed by atoms with E-state index in [2.05, 4.69) is 15.1 Å². The Morgan fingerprint density at radius 1 is 1.26 bits per heavy atom. The molecule has 4 rings (SSSR count). The van der Waals surface area contributed by atoms with Gasteiger partial charge in [-0.3, -0.25) is 14.3 Å². The van der Waals surface area contributed by atoms with E-state index in [0.29, 0.717) is 16.3 Å². The van der Waals surface area contributed by atoms with Gasteiger partial charge in [0.2, 0.25) is 0 Å². The van der Waals surface area contributed by atoms with Crippen LogP contribution in [0.4, 0.5) is 0 Å². The van der Waals surface area contributed by atoms with Crippen LogP contribution >= 0.6 is 11.3 Å². The monoisotopic (exact) mass is 383 g/mol. The topological polar surface area (TPSA) is 91.4 Å². The van der Waals surface area contributed by atoms with Gasteiger partial charge in [-0.05, 0) is 38.5 Å². The molecule has 8 nitrogen and oxygen atoms in total. The Bertz CT molecular complexity index is 1220. The maximum absolute atomic E-state index is 13.1. The van der Waals surface area contributed by atoms with Crippen molar-refractivity contribution in [2.45, 2.75) is 27.3 Å². The number of nitrogens with zero attached hydrogens (tertiary/aromatic N) is 5. The van der Waals surface area contributed by atoms with Crippen molar-refractivity contribution in [3.8, 4) is 11.4 Å². The second-order valence-electron chi connectivity index (χ2n) is 6.04. The Morgan fingerprint density at radius 3 is 2.70 bits per heavy atom. The number of ether oxygens (including phenoxy) is 1. The summed E-state index contributed by atoms with van der Waals surface area (Å²) in [5.41, 5.74) is 1.86. The van der Waals surface area contributed by atoms with Gasteiger partial charge in [0.05, 0.1) is 12.0 Å². The van der Waals surface area contributed by atoms with Gasteiger partial charge in [0.15, 0.2) is 11.5 Å². The van der Waals surface area contributed by atoms with Crippen molar-refractivity contribution >= 4 is 33.2 Å². The summed E-state index contributed by atoms with van der Waals surface area (Å²) in [6.07, 6.45) is 3.30. The largest absolute Gasteiger partial charge is 0.465 e. The lowest BCUT2D eigenvalue weighted by molar-refractivity contribution is -0.143. The van der Waals surface area contributed by atoms with Crippen LogP contribution in [0.3, 0.4) is 0 Å². The Kier molecular flexibility index (Phi) is 4.23. The minimum absolute atomic E-state index is 0.164. The molecule has 0 aliphatic heterocycles. The number of hydrogen-bond acceptors (Lipinski definition) is 7. The van der Waals surface area contributed by atoms with Crippen LogP contribution in [0.25, 0.3) is 27.3 Å². The van der Waals surface area contributed by atoms with Gasteiger partial charge in [0, 0.05) is 22.8 Å². The molecule has 0 aliphatic rings. The molecule has 0 atom stereocenters. The maximum atomic E-state index is 13.1. The maximum Gasteiger partial charge on any atom is 0.352 e. The molecular weight excluding hydrogens is 366 g/mol. The molecule has 27 heavy (non-hydrogen) atoms. The van der Waals surface area contributed by atoms with Gasteiger partial charge in [0.1, 0.15) is 11.4 Å². The third-order valence-corrected chi connectivity index (χ3v) is 5.62. The SMILES string of the molecule is CCOC(=O)Cn1c(=O)n2nc(-c3ccncc3)nc2c2c(C)c(C)sc21. The minimum atomic E-state index is -0.460. The molecule has 0 spiro atoms. The highest BCUT2D eigenvalue weighted by Crippen LogP contribution is 2.32. The van der Waals surface area contributed by atoms with Gasteiger partial charge in [0.25, 0.3) is 0 Å². The zero-order valence-corrected chi connectivity index (χ0v) is 15.9. The van der Waals surface area contributed by atoms with Crippen LogP contribution in [0.15, 0.2) is 29.3 Å². The number of aromatic nitrogens is 5. The lowest BCUT2D eigenvalue weighted by atomic mass is 10.2. The fraction of sp³-hybridized carbons (Fsp3) is 0.278. The van der Waals surface area contributed by atoms with Crippen molar-refractivity contribution in [2.75, 3.05) is 6.61 Å². The van der Waals surface area contributed by atoms with Gasteiger partial charge < -0.3 is 4.74 Å². The molecule has 0 radical (unpaired) electrons. The fourth-order valence-electron chi connectivity index (χ4n) is 2.97. The zero-order valence-electron chi connectivity index (χ0n) is 15.1. The van der Waals surface area contributed by atoms with Crippen LogP contribution in [0.5, 0.6) is 0 Å². The highest BCUT2D eigenvalue weighted by atomic mass is 32.1. The average Bonchev–Trinajstić information content (AvgIpc) is 3.22. The molecule has 0 N–H and O–H groups in total. The number of rotatable bonds is 4. The Morgan fingerprint density at radius 2 is 2.00 bits per heavy atom. The van der Waals surface area contributed by atoms with Crippen molar-refractivity contribution in [1.82, 2.24) is 24.1 Å². The molecule has 0 fully saturated rings. The van der Waals surface area contributed by atoms with Crippen molar-refractivity contribution in [2.24, 2.45) is 0 Å². The van der Waals surface area contributed by atoms with Gasteiger partial charge in [-0.15, -0.1) is 16.4 Å². The van der Waals surface area contributed by atoms with Crippen molar-refractivity contribution < 1.29 is 9.53 Å². The molecule has 0 amide bonds. The number of carbonyl (C=O) groups excluding carboxylic acids is 1. The predicted octanol–water partition coefficient (Wildman–Crippen LogP) is 2.35. The smallest absolute Gasteiger partial charge is 0.352 e. The van der Waals surface area contributed by atoms with E-state index < -0.39 is 11.7 Å². The molecule has 0 aromatic carbocycles. The van der Waals surface area contributed by atoms with Crippen molar-refractivity contribution in [3.63, 3.8) is 0 Å². The van der Waals surface area contributed by atoms with Crippen LogP contribution < -0.4 is 5.69 Å². The number of hydrogen-bond donors (Lipinski definition) is 0. The van der Waals surface area contributed by atoms with Gasteiger partial charge in [-0.2, -0.15) is 4.52 Å². The number of esters is 1. The number of pyridine rings is 1. The van der Waals surface area contributed by atoms with E-state index in [9.17, 15) is 9.59 Å². The van der Waals surface area contributed by atoms with Crippen LogP contribution in [0, 0.1) is 13.8 Å². The van der Waals surface area contributed by atoms with Crippen LogP contribution in [-0.2, 0) is 16.1 Å². The Labute approximate surface area is 158 Å². The first-order valence-electron chi connectivity index (χ1n) is 8.46. The first kappa shape index (κ1) is 17.3. The Hall–Kier alpha value is -3.07. The third-order valence-electron chi connectivity index (χ3n) is 4.39. The molecule has 0 saturated carbocycles. The summed E-state index contributed by atoms with van der Waals surface area (Å²) in [6.45, 7) is 5.79. The number of thiophene rings is 1. The van der Waals surface area contributed by atoms with Crippen LogP contribution in [0.1, 0.15) is 17.4 Å². The predicted molar refractivity (Wildman–Crippen MR) is 102 cm³/mol. The lowest BCUT2D eigenvalue weighted by Gasteiger charge is -2.07. The lowest BCUT2D eigenvalue weighted by Crippen LogP contribution is -2.30. The van der Waals surface area contributed by atoms with Crippen molar-refractivity contribution in [3.05, 3.63) is 45.5 Å². The second-order valence-corrected chi connectivity index (χ2v) is 7.25. The summed E-state index contributed by atoms with van der Waals surface area (Å²) in [5, 5.41) is 5.22. The number of aryl methyl sites for hydroxylation is 2.